The second kappa shape index (κ2) is 6.58. The van der Waals surface area contributed by atoms with Crippen molar-refractivity contribution in [3.8, 4) is 0 Å². The van der Waals surface area contributed by atoms with Crippen LogP contribution >= 0.6 is 0 Å². The second-order valence-corrected chi connectivity index (χ2v) is 8.51. The summed E-state index contributed by atoms with van der Waals surface area (Å²) in [6.07, 6.45) is 5.23. The number of hydrogen-bond acceptors (Lipinski definition) is 2. The van der Waals surface area contributed by atoms with Crippen LogP contribution in [0.25, 0.3) is 0 Å². The summed E-state index contributed by atoms with van der Waals surface area (Å²) in [7, 11) is 2.32. The van der Waals surface area contributed by atoms with E-state index in [0.29, 0.717) is 22.9 Å². The Balaban J connectivity index is 2.70. The highest BCUT2D eigenvalue weighted by Crippen LogP contribution is 2.37. The molecule has 0 saturated heterocycles. The fourth-order valence-corrected chi connectivity index (χ4v) is 3.45. The van der Waals surface area contributed by atoms with E-state index in [2.05, 4.69) is 58.8 Å². The minimum atomic E-state index is 0.381. The van der Waals surface area contributed by atoms with Crippen molar-refractivity contribution in [1.82, 2.24) is 10.2 Å². The van der Waals surface area contributed by atoms with Gasteiger partial charge in [-0.3, -0.25) is 0 Å². The molecule has 1 fully saturated rings. The smallest absolute Gasteiger partial charge is 0.0251 e. The van der Waals surface area contributed by atoms with Gasteiger partial charge >= 0.3 is 0 Å². The van der Waals surface area contributed by atoms with Gasteiger partial charge in [-0.05, 0) is 50.1 Å². The summed E-state index contributed by atoms with van der Waals surface area (Å²) in [5.74, 6) is 0. The average Bonchev–Trinajstić information content (AvgIpc) is 2.24. The number of nitrogens with one attached hydrogen (secondary N) is 1. The highest BCUT2D eigenvalue weighted by atomic mass is 15.2. The predicted molar refractivity (Wildman–Crippen MR) is 85.6 cm³/mol. The molecule has 114 valence electrons. The van der Waals surface area contributed by atoms with Crippen LogP contribution in [0.15, 0.2) is 0 Å². The minimum absolute atomic E-state index is 0.381. The molecule has 0 amide bonds. The zero-order valence-electron chi connectivity index (χ0n) is 14.3. The maximum Gasteiger partial charge on any atom is 0.0251 e. The van der Waals surface area contributed by atoms with Crippen LogP contribution in [0.1, 0.15) is 67.2 Å². The van der Waals surface area contributed by atoms with E-state index in [4.69, 9.17) is 0 Å². The van der Waals surface area contributed by atoms with Gasteiger partial charge in [0.2, 0.25) is 0 Å². The van der Waals surface area contributed by atoms with Gasteiger partial charge in [0.1, 0.15) is 0 Å². The molecule has 1 saturated carbocycles. The summed E-state index contributed by atoms with van der Waals surface area (Å²) in [6.45, 7) is 16.5. The number of nitrogens with zero attached hydrogens (tertiary/aromatic N) is 1. The van der Waals surface area contributed by atoms with Crippen molar-refractivity contribution in [1.29, 1.82) is 0 Å². The Bertz CT molecular complexity index is 265. The number of rotatable bonds is 5. The van der Waals surface area contributed by atoms with Gasteiger partial charge in [0, 0.05) is 18.6 Å². The van der Waals surface area contributed by atoms with Crippen LogP contribution in [-0.4, -0.2) is 37.1 Å². The molecule has 2 atom stereocenters. The number of hydrogen-bond donors (Lipinski definition) is 1. The Labute approximate surface area is 121 Å². The molecule has 1 N–H and O–H groups in total. The fourth-order valence-electron chi connectivity index (χ4n) is 3.45. The molecule has 1 aliphatic carbocycles. The van der Waals surface area contributed by atoms with Gasteiger partial charge in [-0.15, -0.1) is 0 Å². The lowest BCUT2D eigenvalue weighted by Gasteiger charge is -2.46. The van der Waals surface area contributed by atoms with Crippen LogP contribution in [0, 0.1) is 10.8 Å². The molecule has 2 nitrogen and oxygen atoms in total. The van der Waals surface area contributed by atoms with Crippen molar-refractivity contribution in [2.45, 2.75) is 79.3 Å². The van der Waals surface area contributed by atoms with Gasteiger partial charge in [-0.2, -0.15) is 0 Å². The SMILES string of the molecule is CCCNC1CCC(C)(C)CC1N(C)CC(C)(C)C. The predicted octanol–water partition coefficient (Wildman–Crippen LogP) is 3.91. The first-order valence-electron chi connectivity index (χ1n) is 8.08. The van der Waals surface area contributed by atoms with Gasteiger partial charge in [0.15, 0.2) is 0 Å². The van der Waals surface area contributed by atoms with E-state index in [1.54, 1.807) is 0 Å². The molecular formula is C17H36N2. The largest absolute Gasteiger partial charge is 0.312 e. The van der Waals surface area contributed by atoms with Crippen molar-refractivity contribution in [3.63, 3.8) is 0 Å². The van der Waals surface area contributed by atoms with Gasteiger partial charge in [-0.25, -0.2) is 0 Å². The highest BCUT2D eigenvalue weighted by Gasteiger charge is 2.37. The Hall–Kier alpha value is -0.0800. The molecule has 0 aromatic carbocycles. The van der Waals surface area contributed by atoms with Crippen molar-refractivity contribution in [2.24, 2.45) is 10.8 Å². The lowest BCUT2D eigenvalue weighted by molar-refractivity contribution is 0.0617. The zero-order chi connectivity index (χ0) is 14.7. The van der Waals surface area contributed by atoms with Crippen LogP contribution in [0.2, 0.25) is 0 Å². The maximum absolute atomic E-state index is 3.78. The highest BCUT2D eigenvalue weighted by molar-refractivity contribution is 4.94. The average molecular weight is 268 g/mol. The van der Waals surface area contributed by atoms with Crippen LogP contribution < -0.4 is 5.32 Å². The quantitative estimate of drug-likeness (QED) is 0.813. The van der Waals surface area contributed by atoms with Gasteiger partial charge in [0.25, 0.3) is 0 Å². The van der Waals surface area contributed by atoms with Crippen LogP contribution in [-0.2, 0) is 0 Å². The monoisotopic (exact) mass is 268 g/mol. The molecule has 0 radical (unpaired) electrons. The maximum atomic E-state index is 3.78. The van der Waals surface area contributed by atoms with Gasteiger partial charge in [0.05, 0.1) is 0 Å². The Morgan fingerprint density at radius 1 is 1.26 bits per heavy atom. The molecule has 19 heavy (non-hydrogen) atoms. The Kier molecular flexibility index (Phi) is 5.88. The lowest BCUT2D eigenvalue weighted by Crippen LogP contribution is -2.55. The standard InChI is InChI=1S/C17H36N2/c1-8-11-18-14-9-10-17(5,6)12-15(14)19(7)13-16(2,3)4/h14-15,18H,8-13H2,1-7H3. The summed E-state index contributed by atoms with van der Waals surface area (Å²) in [4.78, 5) is 2.61. The Morgan fingerprint density at radius 3 is 2.42 bits per heavy atom. The molecule has 0 spiro atoms. The molecule has 0 aliphatic heterocycles. The topological polar surface area (TPSA) is 15.3 Å². The molecule has 0 aromatic heterocycles. The fraction of sp³-hybridized carbons (Fsp3) is 1.00. The van der Waals surface area contributed by atoms with Crippen LogP contribution in [0.3, 0.4) is 0 Å². The van der Waals surface area contributed by atoms with E-state index < -0.39 is 0 Å². The molecule has 0 heterocycles. The first-order chi connectivity index (χ1) is 8.64. The molecule has 1 rings (SSSR count). The molecule has 2 unspecified atom stereocenters. The van der Waals surface area contributed by atoms with E-state index in [0.717, 1.165) is 6.54 Å². The minimum Gasteiger partial charge on any atom is -0.312 e. The molecule has 1 aliphatic rings. The first-order valence-corrected chi connectivity index (χ1v) is 8.08. The van der Waals surface area contributed by atoms with Crippen molar-refractivity contribution in [3.05, 3.63) is 0 Å². The number of likely N-dealkylation sites (N-methyl/N-ethyl adjacent to an activating group) is 1. The lowest BCUT2D eigenvalue weighted by atomic mass is 9.72. The van der Waals surface area contributed by atoms with Crippen molar-refractivity contribution in [2.75, 3.05) is 20.1 Å². The second-order valence-electron chi connectivity index (χ2n) is 8.51. The third-order valence-electron chi connectivity index (χ3n) is 4.30. The Morgan fingerprint density at radius 2 is 1.89 bits per heavy atom. The summed E-state index contributed by atoms with van der Waals surface area (Å²) in [5.41, 5.74) is 0.882. The van der Waals surface area contributed by atoms with E-state index >= 15 is 0 Å². The zero-order valence-corrected chi connectivity index (χ0v) is 14.3. The van der Waals surface area contributed by atoms with Crippen LogP contribution in [0.4, 0.5) is 0 Å². The molecular weight excluding hydrogens is 232 g/mol. The summed E-state index contributed by atoms with van der Waals surface area (Å²) < 4.78 is 0. The summed E-state index contributed by atoms with van der Waals surface area (Å²) >= 11 is 0. The molecule has 2 heteroatoms. The third kappa shape index (κ3) is 5.83. The van der Waals surface area contributed by atoms with Crippen LogP contribution in [0.5, 0.6) is 0 Å². The van der Waals surface area contributed by atoms with Gasteiger partial charge < -0.3 is 10.2 Å². The van der Waals surface area contributed by atoms with E-state index in [-0.39, 0.29) is 0 Å². The molecule has 0 bridgehead atoms. The third-order valence-corrected chi connectivity index (χ3v) is 4.30. The van der Waals surface area contributed by atoms with Crippen molar-refractivity contribution >= 4 is 0 Å². The molecule has 0 aromatic rings. The van der Waals surface area contributed by atoms with Crippen molar-refractivity contribution < 1.29 is 0 Å². The summed E-state index contributed by atoms with van der Waals surface area (Å²) in [6, 6.07) is 1.37. The normalized spacial score (nSPS) is 27.8. The summed E-state index contributed by atoms with van der Waals surface area (Å²) in [5, 5.41) is 3.78. The van der Waals surface area contributed by atoms with E-state index in [9.17, 15) is 0 Å². The first kappa shape index (κ1) is 17.0. The van der Waals surface area contributed by atoms with E-state index in [1.165, 1.54) is 32.2 Å². The van der Waals surface area contributed by atoms with Gasteiger partial charge in [-0.1, -0.05) is 41.5 Å². The van der Waals surface area contributed by atoms with E-state index in [1.807, 2.05) is 0 Å².